The fourth-order valence-electron chi connectivity index (χ4n) is 15.4. The molecule has 4 saturated carbocycles. The summed E-state index contributed by atoms with van der Waals surface area (Å²) in [5.41, 5.74) is 23.8. The van der Waals surface area contributed by atoms with Gasteiger partial charge in [0, 0.05) is 17.1 Å². The maximum absolute atomic E-state index is 2.58. The summed E-state index contributed by atoms with van der Waals surface area (Å²) in [5, 5.41) is 0. The van der Waals surface area contributed by atoms with E-state index in [0.717, 1.165) is 29.1 Å². The standard InChI is InChI=1S/C69H59N/c1-45-17-23-53(24-18-45)68(52-11-5-4-6-12-52)63-15-9-7-13-59(63)61-35-33-57(40-65(61)68)70(56-31-29-51(30-32-56)67-42-48-37-49(43-67)39-50(38-48)44-67)58-34-36-62-60-14-8-10-16-64(60)69(66(62)41-58,54-25-19-46(2)20-26-54)55-27-21-47(3)22-28-55/h4-36,40-41,48-50H,37-39,42-44H2,1-3H3. The van der Waals surface area contributed by atoms with Crippen molar-refractivity contribution in [1.29, 1.82) is 0 Å². The predicted octanol–water partition coefficient (Wildman–Crippen LogP) is 17.3. The molecule has 1 nitrogen and oxygen atoms in total. The number of hydrogen-bond acceptors (Lipinski definition) is 1. The van der Waals surface area contributed by atoms with Crippen molar-refractivity contribution in [2.75, 3.05) is 4.90 Å². The van der Waals surface area contributed by atoms with E-state index in [2.05, 4.69) is 238 Å². The summed E-state index contributed by atoms with van der Waals surface area (Å²) in [5.74, 6) is 2.69. The largest absolute Gasteiger partial charge is 0.310 e. The molecule has 1 heteroatoms. The van der Waals surface area contributed by atoms with Crippen molar-refractivity contribution >= 4 is 17.1 Å². The Labute approximate surface area is 414 Å². The summed E-state index contributed by atoms with van der Waals surface area (Å²) in [4.78, 5) is 2.58. The van der Waals surface area contributed by atoms with Gasteiger partial charge in [-0.05, 0) is 191 Å². The number of hydrogen-bond donors (Lipinski definition) is 0. The quantitative estimate of drug-likeness (QED) is 0.147. The lowest BCUT2D eigenvalue weighted by molar-refractivity contribution is -0.00518. The molecule has 0 radical (unpaired) electrons. The average molecular weight is 902 g/mol. The molecule has 340 valence electrons. The molecule has 0 saturated heterocycles. The number of fused-ring (bicyclic) bond motifs is 6. The van der Waals surface area contributed by atoms with E-state index in [9.17, 15) is 0 Å². The summed E-state index contributed by atoms with van der Waals surface area (Å²) < 4.78 is 0. The van der Waals surface area contributed by atoms with E-state index >= 15 is 0 Å². The summed E-state index contributed by atoms with van der Waals surface area (Å²) in [6.07, 6.45) is 8.44. The second-order valence-corrected chi connectivity index (χ2v) is 22.1. The lowest BCUT2D eigenvalue weighted by atomic mass is 9.48. The third kappa shape index (κ3) is 6.03. The molecule has 6 aliphatic carbocycles. The highest BCUT2D eigenvalue weighted by Gasteiger charge is 2.52. The zero-order chi connectivity index (χ0) is 46.8. The summed E-state index contributed by atoms with van der Waals surface area (Å²) in [6, 6.07) is 82.3. The molecule has 6 aliphatic rings. The van der Waals surface area contributed by atoms with Gasteiger partial charge in [0.25, 0.3) is 0 Å². The van der Waals surface area contributed by atoms with Crippen LogP contribution in [0.15, 0.2) is 212 Å². The van der Waals surface area contributed by atoms with Crippen LogP contribution >= 0.6 is 0 Å². The van der Waals surface area contributed by atoms with Crippen LogP contribution in [0.4, 0.5) is 17.1 Å². The van der Waals surface area contributed by atoms with Gasteiger partial charge in [0.15, 0.2) is 0 Å². The normalized spacial score (nSPS) is 22.8. The zero-order valence-electron chi connectivity index (χ0n) is 40.6. The Hall–Kier alpha value is -7.22. The summed E-state index contributed by atoms with van der Waals surface area (Å²) >= 11 is 0. The fourth-order valence-corrected chi connectivity index (χ4v) is 15.4. The number of rotatable bonds is 8. The number of benzene rings is 9. The number of anilines is 3. The van der Waals surface area contributed by atoms with Crippen LogP contribution in [-0.4, -0.2) is 0 Å². The smallest absolute Gasteiger partial charge is 0.0714 e. The van der Waals surface area contributed by atoms with Crippen LogP contribution in [0, 0.1) is 38.5 Å². The minimum Gasteiger partial charge on any atom is -0.310 e. The minimum atomic E-state index is -0.523. The summed E-state index contributed by atoms with van der Waals surface area (Å²) in [6.45, 7) is 6.59. The molecule has 1 unspecified atom stereocenters. The molecule has 0 heterocycles. The van der Waals surface area contributed by atoms with Crippen molar-refractivity contribution < 1.29 is 0 Å². The van der Waals surface area contributed by atoms with Crippen LogP contribution in [0.25, 0.3) is 22.3 Å². The van der Waals surface area contributed by atoms with Crippen molar-refractivity contribution in [2.24, 2.45) is 17.8 Å². The monoisotopic (exact) mass is 901 g/mol. The first kappa shape index (κ1) is 41.7. The molecule has 0 aromatic heterocycles. The molecule has 4 bridgehead atoms. The minimum absolute atomic E-state index is 0.321. The Morgan fingerprint density at radius 1 is 0.314 bits per heavy atom. The third-order valence-corrected chi connectivity index (χ3v) is 18.0. The molecule has 70 heavy (non-hydrogen) atoms. The first-order chi connectivity index (χ1) is 34.3. The van der Waals surface area contributed by atoms with E-state index in [0.29, 0.717) is 5.41 Å². The third-order valence-electron chi connectivity index (χ3n) is 18.0. The maximum atomic E-state index is 2.58. The molecule has 9 aromatic carbocycles. The van der Waals surface area contributed by atoms with Crippen molar-refractivity contribution in [3.05, 3.63) is 279 Å². The van der Waals surface area contributed by atoms with Crippen LogP contribution < -0.4 is 4.90 Å². The molecular weight excluding hydrogens is 843 g/mol. The van der Waals surface area contributed by atoms with Crippen molar-refractivity contribution in [3.63, 3.8) is 0 Å². The Bertz CT molecular complexity index is 3390. The summed E-state index contributed by atoms with van der Waals surface area (Å²) in [7, 11) is 0. The van der Waals surface area contributed by atoms with Gasteiger partial charge < -0.3 is 4.90 Å². The van der Waals surface area contributed by atoms with Gasteiger partial charge in [-0.1, -0.05) is 193 Å². The molecule has 0 aliphatic heterocycles. The SMILES string of the molecule is Cc1ccc(C2(c3ccccc3)c3ccccc3-c3ccc(N(c4ccc(C56CC7CC(CC(C7)C5)C6)cc4)c4ccc5c(c4)C(c4ccc(C)cc4)(c4ccc(C)cc4)c4ccccc4-5)cc32)cc1. The molecule has 9 aromatic rings. The highest BCUT2D eigenvalue weighted by Crippen LogP contribution is 2.62. The van der Waals surface area contributed by atoms with E-state index < -0.39 is 10.8 Å². The molecule has 0 spiro atoms. The van der Waals surface area contributed by atoms with Crippen molar-refractivity contribution in [1.82, 2.24) is 0 Å². The number of nitrogens with zero attached hydrogens (tertiary/aromatic N) is 1. The molecule has 0 amide bonds. The Kier molecular flexibility index (Phi) is 9.33. The molecule has 15 rings (SSSR count). The van der Waals surface area contributed by atoms with Crippen LogP contribution in [0.1, 0.15) is 105 Å². The van der Waals surface area contributed by atoms with Crippen molar-refractivity contribution in [2.45, 2.75) is 75.5 Å². The van der Waals surface area contributed by atoms with Gasteiger partial charge in [0.1, 0.15) is 0 Å². The zero-order valence-corrected chi connectivity index (χ0v) is 40.6. The van der Waals surface area contributed by atoms with Gasteiger partial charge in [-0.3, -0.25) is 0 Å². The fraction of sp³-hybridized carbons (Fsp3) is 0.217. The molecular formula is C69H59N. The van der Waals surface area contributed by atoms with Gasteiger partial charge in [-0.15, -0.1) is 0 Å². The second-order valence-electron chi connectivity index (χ2n) is 22.1. The molecule has 1 atom stereocenters. The van der Waals surface area contributed by atoms with Crippen LogP contribution in [-0.2, 0) is 16.2 Å². The molecule has 4 fully saturated rings. The van der Waals surface area contributed by atoms with E-state index in [1.807, 2.05) is 0 Å². The van der Waals surface area contributed by atoms with Crippen LogP contribution in [0.3, 0.4) is 0 Å². The first-order valence-electron chi connectivity index (χ1n) is 26.0. The van der Waals surface area contributed by atoms with Gasteiger partial charge >= 0.3 is 0 Å². The first-order valence-corrected chi connectivity index (χ1v) is 26.0. The maximum Gasteiger partial charge on any atom is 0.0714 e. The van der Waals surface area contributed by atoms with Crippen molar-refractivity contribution in [3.8, 4) is 22.3 Å². The van der Waals surface area contributed by atoms with E-state index in [1.165, 1.54) is 128 Å². The van der Waals surface area contributed by atoms with Gasteiger partial charge in [-0.25, -0.2) is 0 Å². The lowest BCUT2D eigenvalue weighted by Crippen LogP contribution is -2.48. The van der Waals surface area contributed by atoms with E-state index in [-0.39, 0.29) is 0 Å². The predicted molar refractivity (Wildman–Crippen MR) is 290 cm³/mol. The van der Waals surface area contributed by atoms with E-state index in [1.54, 1.807) is 5.56 Å². The topological polar surface area (TPSA) is 3.24 Å². The van der Waals surface area contributed by atoms with Crippen LogP contribution in [0.5, 0.6) is 0 Å². The Morgan fingerprint density at radius 2 is 0.657 bits per heavy atom. The second kappa shape index (κ2) is 15.6. The highest BCUT2D eigenvalue weighted by molar-refractivity contribution is 5.92. The highest BCUT2D eigenvalue weighted by atomic mass is 15.1. The molecule has 0 N–H and O–H groups in total. The van der Waals surface area contributed by atoms with E-state index in [4.69, 9.17) is 0 Å². The van der Waals surface area contributed by atoms with Gasteiger partial charge in [0.05, 0.1) is 10.8 Å². The van der Waals surface area contributed by atoms with Gasteiger partial charge in [0.2, 0.25) is 0 Å². The average Bonchev–Trinajstić information content (AvgIpc) is 3.85. The van der Waals surface area contributed by atoms with Gasteiger partial charge in [-0.2, -0.15) is 0 Å². The lowest BCUT2D eigenvalue weighted by Gasteiger charge is -2.57. The van der Waals surface area contributed by atoms with Crippen LogP contribution in [0.2, 0.25) is 0 Å². The number of aryl methyl sites for hydroxylation is 3. The Morgan fingerprint density at radius 3 is 1.09 bits per heavy atom. The Balaban J connectivity index is 1.01.